The normalized spacial score (nSPS) is 11.0. The van der Waals surface area contributed by atoms with E-state index in [0.717, 1.165) is 44.7 Å². The molecule has 0 fully saturated rings. The Labute approximate surface area is 174 Å². The van der Waals surface area contributed by atoms with Crippen LogP contribution in [0.3, 0.4) is 0 Å². The smallest absolute Gasteiger partial charge is 0.163 e. The van der Waals surface area contributed by atoms with Crippen LogP contribution in [0.25, 0.3) is 44.7 Å². The molecule has 0 atom stereocenters. The Bertz CT molecular complexity index is 1320. The Morgan fingerprint density at radius 1 is 0.800 bits per heavy atom. The summed E-state index contributed by atoms with van der Waals surface area (Å²) in [5.41, 5.74) is 6.28. The first-order valence-corrected chi connectivity index (χ1v) is 9.70. The van der Waals surface area contributed by atoms with Crippen molar-refractivity contribution in [2.45, 2.75) is 0 Å². The molecule has 0 amide bonds. The van der Waals surface area contributed by atoms with Crippen LogP contribution in [0.1, 0.15) is 0 Å². The summed E-state index contributed by atoms with van der Waals surface area (Å²) in [6, 6.07) is 18.6. The van der Waals surface area contributed by atoms with Gasteiger partial charge in [0.25, 0.3) is 0 Å². The Hall–Kier alpha value is -4.06. The summed E-state index contributed by atoms with van der Waals surface area (Å²) in [5, 5.41) is 4.20. The number of nitrogens with one attached hydrogen (secondary N) is 1. The predicted molar refractivity (Wildman–Crippen MR) is 120 cm³/mol. The van der Waals surface area contributed by atoms with E-state index >= 15 is 0 Å². The number of imidazole rings is 1. The van der Waals surface area contributed by atoms with Crippen LogP contribution in [-0.4, -0.2) is 31.6 Å². The van der Waals surface area contributed by atoms with E-state index in [9.17, 15) is 0 Å². The maximum absolute atomic E-state index is 4.75. The SMILES string of the molecule is CNc1nc(-c2cccnc2)nc2ccc(-c3ccc(-c4cncn4C)cc3)cc12. The summed E-state index contributed by atoms with van der Waals surface area (Å²) >= 11 is 0. The third kappa shape index (κ3) is 3.18. The lowest BCUT2D eigenvalue weighted by Gasteiger charge is -2.10. The number of rotatable bonds is 4. The van der Waals surface area contributed by atoms with Crippen molar-refractivity contribution in [3.8, 4) is 33.8 Å². The minimum absolute atomic E-state index is 0.660. The monoisotopic (exact) mass is 392 g/mol. The molecular weight excluding hydrogens is 372 g/mol. The zero-order valence-electron chi connectivity index (χ0n) is 16.7. The Kier molecular flexibility index (Phi) is 4.44. The summed E-state index contributed by atoms with van der Waals surface area (Å²) in [7, 11) is 3.88. The number of pyridine rings is 1. The standard InChI is InChI=1S/C24H20N6/c1-25-24-20-12-18(16-5-7-17(8-6-16)22-14-27-15-30(22)2)9-10-21(20)28-23(29-24)19-4-3-11-26-13-19/h3-15H,1-2H3,(H,25,28,29). The van der Waals surface area contributed by atoms with Crippen molar-refractivity contribution in [2.24, 2.45) is 7.05 Å². The fourth-order valence-corrected chi connectivity index (χ4v) is 3.59. The molecule has 1 N–H and O–H groups in total. The molecule has 6 heteroatoms. The number of benzene rings is 2. The molecule has 0 aliphatic heterocycles. The average molecular weight is 392 g/mol. The molecule has 0 aliphatic carbocycles. The van der Waals surface area contributed by atoms with Crippen LogP contribution in [-0.2, 0) is 7.05 Å². The third-order valence-electron chi connectivity index (χ3n) is 5.18. The van der Waals surface area contributed by atoms with Crippen LogP contribution >= 0.6 is 0 Å². The molecule has 5 rings (SSSR count). The van der Waals surface area contributed by atoms with Crippen molar-refractivity contribution in [1.82, 2.24) is 24.5 Å². The number of hydrogen-bond acceptors (Lipinski definition) is 5. The minimum Gasteiger partial charge on any atom is -0.373 e. The van der Waals surface area contributed by atoms with Crippen LogP contribution in [0.4, 0.5) is 5.82 Å². The van der Waals surface area contributed by atoms with E-state index in [-0.39, 0.29) is 0 Å². The van der Waals surface area contributed by atoms with Gasteiger partial charge >= 0.3 is 0 Å². The Balaban J connectivity index is 1.55. The van der Waals surface area contributed by atoms with Crippen molar-refractivity contribution in [2.75, 3.05) is 12.4 Å². The number of nitrogens with zero attached hydrogens (tertiary/aromatic N) is 5. The number of aryl methyl sites for hydroxylation is 1. The van der Waals surface area contributed by atoms with Crippen LogP contribution < -0.4 is 5.32 Å². The van der Waals surface area contributed by atoms with Crippen LogP contribution in [0, 0.1) is 0 Å². The molecule has 0 unspecified atom stereocenters. The third-order valence-corrected chi connectivity index (χ3v) is 5.18. The fraction of sp³-hybridized carbons (Fsp3) is 0.0833. The van der Waals surface area contributed by atoms with E-state index in [1.807, 2.05) is 49.4 Å². The Morgan fingerprint density at radius 2 is 1.60 bits per heavy atom. The van der Waals surface area contributed by atoms with E-state index in [0.29, 0.717) is 5.82 Å². The topological polar surface area (TPSA) is 68.5 Å². The van der Waals surface area contributed by atoms with E-state index in [4.69, 9.17) is 9.97 Å². The molecule has 3 heterocycles. The van der Waals surface area contributed by atoms with Gasteiger partial charge in [-0.15, -0.1) is 0 Å². The molecule has 0 spiro atoms. The van der Waals surface area contributed by atoms with Crippen molar-refractivity contribution in [1.29, 1.82) is 0 Å². The van der Waals surface area contributed by atoms with Gasteiger partial charge in [-0.05, 0) is 41.0 Å². The minimum atomic E-state index is 0.660. The fourth-order valence-electron chi connectivity index (χ4n) is 3.59. The van der Waals surface area contributed by atoms with Crippen molar-refractivity contribution < 1.29 is 0 Å². The quantitative estimate of drug-likeness (QED) is 0.476. The predicted octanol–water partition coefficient (Wildman–Crippen LogP) is 4.80. The summed E-state index contributed by atoms with van der Waals surface area (Å²) in [4.78, 5) is 17.8. The average Bonchev–Trinajstić information content (AvgIpc) is 3.24. The van der Waals surface area contributed by atoms with Gasteiger partial charge in [0.2, 0.25) is 0 Å². The number of fused-ring (bicyclic) bond motifs is 1. The molecule has 5 aromatic rings. The summed E-state index contributed by atoms with van der Waals surface area (Å²) in [5.74, 6) is 1.46. The lowest BCUT2D eigenvalue weighted by atomic mass is 10.0. The van der Waals surface area contributed by atoms with Crippen LogP contribution in [0.15, 0.2) is 79.5 Å². The highest BCUT2D eigenvalue weighted by molar-refractivity contribution is 5.94. The number of anilines is 1. The van der Waals surface area contributed by atoms with Crippen molar-refractivity contribution in [3.63, 3.8) is 0 Å². The zero-order chi connectivity index (χ0) is 20.5. The van der Waals surface area contributed by atoms with Crippen molar-refractivity contribution in [3.05, 3.63) is 79.5 Å². The van der Waals surface area contributed by atoms with Gasteiger partial charge in [0.1, 0.15) is 5.82 Å². The molecule has 0 saturated heterocycles. The second-order valence-corrected chi connectivity index (χ2v) is 7.09. The highest BCUT2D eigenvalue weighted by atomic mass is 15.0. The summed E-state index contributed by atoms with van der Waals surface area (Å²) in [6.45, 7) is 0. The zero-order valence-corrected chi connectivity index (χ0v) is 16.7. The molecule has 146 valence electrons. The summed E-state index contributed by atoms with van der Waals surface area (Å²) in [6.07, 6.45) is 7.21. The van der Waals surface area contributed by atoms with Crippen LogP contribution in [0.2, 0.25) is 0 Å². The molecule has 0 saturated carbocycles. The summed E-state index contributed by atoms with van der Waals surface area (Å²) < 4.78 is 2.02. The van der Waals surface area contributed by atoms with Crippen LogP contribution in [0.5, 0.6) is 0 Å². The molecule has 30 heavy (non-hydrogen) atoms. The number of hydrogen-bond donors (Lipinski definition) is 1. The lowest BCUT2D eigenvalue weighted by molar-refractivity contribution is 0.921. The second kappa shape index (κ2) is 7.40. The van der Waals surface area contributed by atoms with E-state index in [1.54, 1.807) is 12.4 Å². The van der Waals surface area contributed by atoms with Gasteiger partial charge in [-0.1, -0.05) is 30.3 Å². The highest BCUT2D eigenvalue weighted by Crippen LogP contribution is 2.30. The first-order chi connectivity index (χ1) is 14.7. The van der Waals surface area contributed by atoms with E-state index in [2.05, 4.69) is 51.7 Å². The first-order valence-electron chi connectivity index (χ1n) is 9.70. The van der Waals surface area contributed by atoms with Gasteiger partial charge in [-0.25, -0.2) is 15.0 Å². The van der Waals surface area contributed by atoms with E-state index in [1.165, 1.54) is 0 Å². The maximum atomic E-state index is 4.75. The lowest BCUT2D eigenvalue weighted by Crippen LogP contribution is -1.99. The molecule has 0 radical (unpaired) electrons. The number of aromatic nitrogens is 5. The molecule has 3 aromatic heterocycles. The van der Waals surface area contributed by atoms with Gasteiger partial charge in [0, 0.05) is 37.4 Å². The van der Waals surface area contributed by atoms with Gasteiger partial charge in [0.15, 0.2) is 5.82 Å². The first kappa shape index (κ1) is 18.0. The van der Waals surface area contributed by atoms with Gasteiger partial charge in [0.05, 0.1) is 23.7 Å². The van der Waals surface area contributed by atoms with Gasteiger partial charge in [-0.2, -0.15) is 0 Å². The molecule has 0 bridgehead atoms. The van der Waals surface area contributed by atoms with E-state index < -0.39 is 0 Å². The molecular formula is C24H20N6. The Morgan fingerprint density at radius 3 is 2.30 bits per heavy atom. The van der Waals surface area contributed by atoms with Gasteiger partial charge < -0.3 is 9.88 Å². The largest absolute Gasteiger partial charge is 0.373 e. The molecule has 0 aliphatic rings. The molecule has 2 aromatic carbocycles. The van der Waals surface area contributed by atoms with Gasteiger partial charge in [-0.3, -0.25) is 4.98 Å². The highest BCUT2D eigenvalue weighted by Gasteiger charge is 2.11. The molecule has 6 nitrogen and oxygen atoms in total. The second-order valence-electron chi connectivity index (χ2n) is 7.09. The van der Waals surface area contributed by atoms with Crippen molar-refractivity contribution >= 4 is 16.7 Å². The maximum Gasteiger partial charge on any atom is 0.163 e.